The zero-order valence-corrected chi connectivity index (χ0v) is 15.2. The first-order chi connectivity index (χ1) is 11.1. The highest BCUT2D eigenvalue weighted by molar-refractivity contribution is 14.1. The second kappa shape index (κ2) is 5.72. The van der Waals surface area contributed by atoms with E-state index in [4.69, 9.17) is 16.6 Å². The van der Waals surface area contributed by atoms with Crippen LogP contribution in [0.4, 0.5) is 0 Å². The molecule has 0 radical (unpaired) electrons. The molecule has 3 aromatic rings. The van der Waals surface area contributed by atoms with Gasteiger partial charge in [-0.25, -0.2) is 0 Å². The lowest BCUT2D eigenvalue weighted by Crippen LogP contribution is -2.09. The highest BCUT2D eigenvalue weighted by atomic mass is 127. The van der Waals surface area contributed by atoms with Crippen molar-refractivity contribution in [2.45, 2.75) is 13.5 Å². The topological polar surface area (TPSA) is 43.1 Å². The van der Waals surface area contributed by atoms with Crippen LogP contribution in [0, 0.1) is 10.5 Å². The highest BCUT2D eigenvalue weighted by Crippen LogP contribution is 2.29. The number of aryl methyl sites for hydroxylation is 1. The van der Waals surface area contributed by atoms with E-state index in [1.165, 1.54) is 0 Å². The Hall–Kier alpha value is -1.73. The molecule has 1 aliphatic rings. The molecule has 0 fully saturated rings. The average molecular weight is 435 g/mol. The molecule has 4 nitrogen and oxygen atoms in total. The van der Waals surface area contributed by atoms with Gasteiger partial charge in [0.05, 0.1) is 11.4 Å². The summed E-state index contributed by atoms with van der Waals surface area (Å²) in [6.07, 6.45) is 0. The van der Waals surface area contributed by atoms with Crippen LogP contribution in [0.1, 0.15) is 22.8 Å². The number of nitrogens with zero attached hydrogens (tertiary/aromatic N) is 4. The summed E-state index contributed by atoms with van der Waals surface area (Å²) >= 11 is 8.73. The van der Waals surface area contributed by atoms with Crippen molar-refractivity contribution in [1.82, 2.24) is 14.8 Å². The van der Waals surface area contributed by atoms with Gasteiger partial charge in [0.15, 0.2) is 5.82 Å². The van der Waals surface area contributed by atoms with E-state index in [0.717, 1.165) is 37.7 Å². The number of aliphatic imine (C=N–C) groups is 1. The van der Waals surface area contributed by atoms with Crippen LogP contribution in [0.2, 0.25) is 5.02 Å². The van der Waals surface area contributed by atoms with Crippen molar-refractivity contribution in [2.24, 2.45) is 4.99 Å². The van der Waals surface area contributed by atoms with Gasteiger partial charge in [0, 0.05) is 19.7 Å². The molecule has 0 spiro atoms. The SMILES string of the molecule is Cc1nnc2n1-c1ccc(I)cc1C(c1ccccc1Cl)=NC2. The summed E-state index contributed by atoms with van der Waals surface area (Å²) in [7, 11) is 0. The smallest absolute Gasteiger partial charge is 0.159 e. The Morgan fingerprint density at radius 3 is 2.74 bits per heavy atom. The molecule has 2 heterocycles. The van der Waals surface area contributed by atoms with Crippen LogP contribution in [0.15, 0.2) is 47.5 Å². The standard InChI is InChI=1S/C17H12ClIN4/c1-10-21-22-16-9-20-17(12-4-2-3-5-14(12)18)13-8-11(19)6-7-15(13)23(10)16/h2-8H,9H2,1H3. The quantitative estimate of drug-likeness (QED) is 0.539. The van der Waals surface area contributed by atoms with Gasteiger partial charge < -0.3 is 0 Å². The summed E-state index contributed by atoms with van der Waals surface area (Å²) in [6, 6.07) is 14.1. The Labute approximate surface area is 152 Å². The van der Waals surface area contributed by atoms with Gasteiger partial charge >= 0.3 is 0 Å². The third kappa shape index (κ3) is 2.48. The van der Waals surface area contributed by atoms with Gasteiger partial charge in [0.2, 0.25) is 0 Å². The first-order valence-electron chi connectivity index (χ1n) is 7.15. The lowest BCUT2D eigenvalue weighted by Gasteiger charge is -2.13. The number of halogens is 2. The van der Waals surface area contributed by atoms with Gasteiger partial charge in [0.1, 0.15) is 12.4 Å². The van der Waals surface area contributed by atoms with E-state index >= 15 is 0 Å². The number of hydrogen-bond donors (Lipinski definition) is 0. The fourth-order valence-electron chi connectivity index (χ4n) is 2.83. The second-order valence-electron chi connectivity index (χ2n) is 5.31. The van der Waals surface area contributed by atoms with Crippen molar-refractivity contribution in [2.75, 3.05) is 0 Å². The molecule has 0 amide bonds. The molecule has 0 saturated carbocycles. The molecular formula is C17H12ClIN4. The molecule has 0 N–H and O–H groups in total. The maximum Gasteiger partial charge on any atom is 0.159 e. The van der Waals surface area contributed by atoms with E-state index in [9.17, 15) is 0 Å². The van der Waals surface area contributed by atoms with Gasteiger partial charge in [0.25, 0.3) is 0 Å². The monoisotopic (exact) mass is 434 g/mol. The fraction of sp³-hybridized carbons (Fsp3) is 0.118. The molecule has 1 aliphatic heterocycles. The van der Waals surface area contributed by atoms with Gasteiger partial charge in [-0.3, -0.25) is 9.56 Å². The number of hydrogen-bond acceptors (Lipinski definition) is 3. The zero-order chi connectivity index (χ0) is 16.0. The predicted molar refractivity (Wildman–Crippen MR) is 99.6 cm³/mol. The molecule has 0 unspecified atom stereocenters. The van der Waals surface area contributed by atoms with Crippen molar-refractivity contribution >= 4 is 39.9 Å². The lowest BCUT2D eigenvalue weighted by molar-refractivity contribution is 0.861. The molecule has 0 saturated heterocycles. The highest BCUT2D eigenvalue weighted by Gasteiger charge is 2.22. The minimum atomic E-state index is 0.479. The van der Waals surface area contributed by atoms with Crippen LogP contribution in [0.3, 0.4) is 0 Å². The van der Waals surface area contributed by atoms with Crippen molar-refractivity contribution in [3.05, 3.63) is 73.8 Å². The van der Waals surface area contributed by atoms with E-state index in [1.807, 2.05) is 31.2 Å². The van der Waals surface area contributed by atoms with E-state index in [1.54, 1.807) is 0 Å². The van der Waals surface area contributed by atoms with Crippen LogP contribution >= 0.6 is 34.2 Å². The molecule has 4 rings (SSSR count). The van der Waals surface area contributed by atoms with Crippen molar-refractivity contribution < 1.29 is 0 Å². The van der Waals surface area contributed by atoms with Gasteiger partial charge in [-0.1, -0.05) is 29.8 Å². The summed E-state index contributed by atoms with van der Waals surface area (Å²) in [5.41, 5.74) is 3.92. The largest absolute Gasteiger partial charge is 0.281 e. The minimum Gasteiger partial charge on any atom is -0.281 e. The summed E-state index contributed by atoms with van der Waals surface area (Å²) in [6.45, 7) is 2.44. The Bertz CT molecular complexity index is 946. The summed E-state index contributed by atoms with van der Waals surface area (Å²) < 4.78 is 3.22. The van der Waals surface area contributed by atoms with Crippen molar-refractivity contribution in [3.63, 3.8) is 0 Å². The summed E-state index contributed by atoms with van der Waals surface area (Å²) in [4.78, 5) is 4.80. The molecule has 0 aliphatic carbocycles. The predicted octanol–water partition coefficient (Wildman–Crippen LogP) is 4.18. The first-order valence-corrected chi connectivity index (χ1v) is 8.61. The van der Waals surface area contributed by atoms with Crippen LogP contribution in [0.5, 0.6) is 0 Å². The molecule has 114 valence electrons. The molecule has 6 heteroatoms. The van der Waals surface area contributed by atoms with E-state index in [0.29, 0.717) is 11.6 Å². The molecule has 0 bridgehead atoms. The maximum absolute atomic E-state index is 6.42. The Morgan fingerprint density at radius 1 is 1.09 bits per heavy atom. The molecule has 0 atom stereocenters. The molecule has 2 aromatic carbocycles. The number of fused-ring (bicyclic) bond motifs is 3. The Balaban J connectivity index is 2.03. The van der Waals surface area contributed by atoms with Crippen molar-refractivity contribution in [1.29, 1.82) is 0 Å². The lowest BCUT2D eigenvalue weighted by atomic mass is 10.0. The number of aromatic nitrogens is 3. The van der Waals surface area contributed by atoms with E-state index < -0.39 is 0 Å². The zero-order valence-electron chi connectivity index (χ0n) is 12.3. The number of benzene rings is 2. The van der Waals surface area contributed by atoms with Crippen LogP contribution in [-0.2, 0) is 6.54 Å². The Morgan fingerprint density at radius 2 is 1.91 bits per heavy atom. The normalized spacial score (nSPS) is 13.1. The summed E-state index contributed by atoms with van der Waals surface area (Å²) in [5, 5.41) is 9.15. The maximum atomic E-state index is 6.42. The van der Waals surface area contributed by atoms with Crippen LogP contribution in [0.25, 0.3) is 5.69 Å². The second-order valence-corrected chi connectivity index (χ2v) is 6.96. The minimum absolute atomic E-state index is 0.479. The third-order valence-corrected chi connectivity index (χ3v) is 4.85. The first kappa shape index (κ1) is 14.8. The summed E-state index contributed by atoms with van der Waals surface area (Å²) in [5.74, 6) is 1.70. The van der Waals surface area contributed by atoms with Gasteiger partial charge in [-0.05, 0) is 53.8 Å². The molecular weight excluding hydrogens is 423 g/mol. The van der Waals surface area contributed by atoms with Gasteiger partial charge in [-0.2, -0.15) is 0 Å². The fourth-order valence-corrected chi connectivity index (χ4v) is 3.55. The molecule has 1 aromatic heterocycles. The molecule has 23 heavy (non-hydrogen) atoms. The van der Waals surface area contributed by atoms with Crippen molar-refractivity contribution in [3.8, 4) is 5.69 Å². The third-order valence-electron chi connectivity index (χ3n) is 3.85. The van der Waals surface area contributed by atoms with Crippen LogP contribution in [-0.4, -0.2) is 20.5 Å². The van der Waals surface area contributed by atoms with Gasteiger partial charge in [-0.15, -0.1) is 10.2 Å². The van der Waals surface area contributed by atoms with E-state index in [2.05, 4.69) is 55.6 Å². The van der Waals surface area contributed by atoms with E-state index in [-0.39, 0.29) is 0 Å². The number of rotatable bonds is 1. The Kier molecular flexibility index (Phi) is 3.69. The van der Waals surface area contributed by atoms with Crippen LogP contribution < -0.4 is 0 Å². The average Bonchev–Trinajstić information content (AvgIpc) is 2.82.